The lowest BCUT2D eigenvalue weighted by Crippen LogP contribution is -1.89. The summed E-state index contributed by atoms with van der Waals surface area (Å²) in [6, 6.07) is 3.94. The maximum absolute atomic E-state index is 4.94. The summed E-state index contributed by atoms with van der Waals surface area (Å²) < 4.78 is 4.94. The Balaban J connectivity index is 2.66. The molecule has 1 aromatic heterocycles. The lowest BCUT2D eigenvalue weighted by Gasteiger charge is -1.99. The fourth-order valence-corrected chi connectivity index (χ4v) is 0.968. The Morgan fingerprint density at radius 1 is 1.45 bits per heavy atom. The fraction of sp³-hybridized carbons (Fsp3) is 0.444. The molecule has 0 aliphatic heterocycles. The number of aromatic nitrogens is 1. The maximum Gasteiger partial charge on any atom is 0.212 e. The van der Waals surface area contributed by atoms with Crippen LogP contribution in [-0.4, -0.2) is 12.1 Å². The van der Waals surface area contributed by atoms with Gasteiger partial charge < -0.3 is 4.74 Å². The van der Waals surface area contributed by atoms with Gasteiger partial charge in [-0.3, -0.25) is 0 Å². The van der Waals surface area contributed by atoms with Crippen LogP contribution in [0.15, 0.2) is 18.3 Å². The van der Waals surface area contributed by atoms with E-state index in [4.69, 9.17) is 4.74 Å². The predicted octanol–water partition coefficient (Wildman–Crippen LogP) is 2.04. The fourth-order valence-electron chi connectivity index (χ4n) is 0.968. The summed E-state index contributed by atoms with van der Waals surface area (Å²) in [5.41, 5.74) is 1.27. The van der Waals surface area contributed by atoms with E-state index in [1.807, 2.05) is 12.3 Å². The molecular formula is C9H13NO. The Morgan fingerprint density at radius 2 is 2.27 bits per heavy atom. The second-order valence-electron chi connectivity index (χ2n) is 2.46. The van der Waals surface area contributed by atoms with E-state index in [2.05, 4.69) is 18.0 Å². The molecule has 1 aromatic rings. The molecule has 0 aromatic carbocycles. The number of methoxy groups -OCH3 is 1. The van der Waals surface area contributed by atoms with Gasteiger partial charge in [-0.2, -0.15) is 0 Å². The minimum absolute atomic E-state index is 0.685. The molecule has 0 radical (unpaired) electrons. The van der Waals surface area contributed by atoms with Gasteiger partial charge in [0, 0.05) is 12.3 Å². The number of hydrogen-bond acceptors (Lipinski definition) is 2. The quantitative estimate of drug-likeness (QED) is 0.659. The molecule has 0 amide bonds. The number of aryl methyl sites for hydroxylation is 1. The third kappa shape index (κ3) is 2.22. The molecular weight excluding hydrogens is 138 g/mol. The van der Waals surface area contributed by atoms with E-state index in [1.54, 1.807) is 7.11 Å². The van der Waals surface area contributed by atoms with Crippen LogP contribution in [0, 0.1) is 0 Å². The highest BCUT2D eigenvalue weighted by Crippen LogP contribution is 2.07. The Labute approximate surface area is 67.2 Å². The monoisotopic (exact) mass is 151 g/mol. The van der Waals surface area contributed by atoms with Crippen LogP contribution >= 0.6 is 0 Å². The lowest BCUT2D eigenvalue weighted by atomic mass is 10.2. The third-order valence-corrected chi connectivity index (χ3v) is 1.55. The van der Waals surface area contributed by atoms with Crippen molar-refractivity contribution in [2.24, 2.45) is 0 Å². The van der Waals surface area contributed by atoms with Gasteiger partial charge in [-0.05, 0) is 12.0 Å². The molecule has 1 heterocycles. The van der Waals surface area contributed by atoms with E-state index >= 15 is 0 Å². The molecule has 0 aliphatic carbocycles. The molecule has 0 aliphatic rings. The molecule has 2 nitrogen and oxygen atoms in total. The molecule has 0 atom stereocenters. The van der Waals surface area contributed by atoms with Crippen molar-refractivity contribution in [3.63, 3.8) is 0 Å². The van der Waals surface area contributed by atoms with Crippen molar-refractivity contribution in [3.8, 4) is 5.88 Å². The highest BCUT2D eigenvalue weighted by Gasteiger charge is 1.92. The minimum Gasteiger partial charge on any atom is -0.481 e. The van der Waals surface area contributed by atoms with Crippen LogP contribution in [0.5, 0.6) is 5.88 Å². The molecule has 0 unspecified atom stereocenters. The van der Waals surface area contributed by atoms with E-state index in [-0.39, 0.29) is 0 Å². The summed E-state index contributed by atoms with van der Waals surface area (Å²) in [6.07, 6.45) is 4.12. The molecule has 2 heteroatoms. The Kier molecular flexibility index (Phi) is 2.90. The maximum atomic E-state index is 4.94. The number of hydrogen-bond donors (Lipinski definition) is 0. The molecule has 11 heavy (non-hydrogen) atoms. The van der Waals surface area contributed by atoms with Gasteiger partial charge in [0.15, 0.2) is 0 Å². The first-order chi connectivity index (χ1) is 5.36. The normalized spacial score (nSPS) is 9.64. The van der Waals surface area contributed by atoms with Gasteiger partial charge in [0.1, 0.15) is 0 Å². The number of pyridine rings is 1. The summed E-state index contributed by atoms with van der Waals surface area (Å²) in [5.74, 6) is 0.685. The van der Waals surface area contributed by atoms with E-state index in [1.165, 1.54) is 5.56 Å². The van der Waals surface area contributed by atoms with Crippen LogP contribution in [0.3, 0.4) is 0 Å². The van der Waals surface area contributed by atoms with Gasteiger partial charge >= 0.3 is 0 Å². The van der Waals surface area contributed by atoms with Gasteiger partial charge in [0.05, 0.1) is 7.11 Å². The summed E-state index contributed by atoms with van der Waals surface area (Å²) >= 11 is 0. The largest absolute Gasteiger partial charge is 0.481 e. The first kappa shape index (κ1) is 8.05. The van der Waals surface area contributed by atoms with Crippen molar-refractivity contribution in [3.05, 3.63) is 23.9 Å². The Morgan fingerprint density at radius 3 is 2.73 bits per heavy atom. The van der Waals surface area contributed by atoms with Gasteiger partial charge in [-0.25, -0.2) is 4.98 Å². The molecule has 0 spiro atoms. The second kappa shape index (κ2) is 3.96. The van der Waals surface area contributed by atoms with Crippen LogP contribution < -0.4 is 4.74 Å². The van der Waals surface area contributed by atoms with Crippen LogP contribution in [0.4, 0.5) is 0 Å². The second-order valence-corrected chi connectivity index (χ2v) is 2.46. The summed E-state index contributed by atoms with van der Waals surface area (Å²) in [5, 5.41) is 0. The molecule has 0 fully saturated rings. The lowest BCUT2D eigenvalue weighted by molar-refractivity contribution is 0.397. The predicted molar refractivity (Wildman–Crippen MR) is 44.8 cm³/mol. The van der Waals surface area contributed by atoms with Crippen molar-refractivity contribution < 1.29 is 4.74 Å². The molecule has 60 valence electrons. The first-order valence-electron chi connectivity index (χ1n) is 3.85. The number of rotatable bonds is 3. The van der Waals surface area contributed by atoms with Crippen molar-refractivity contribution in [1.82, 2.24) is 4.98 Å². The molecule has 1 rings (SSSR count). The average molecular weight is 151 g/mol. The molecule has 0 bridgehead atoms. The Bertz CT molecular complexity index is 205. The van der Waals surface area contributed by atoms with Crippen molar-refractivity contribution in [2.75, 3.05) is 7.11 Å². The standard InChI is InChI=1S/C9H13NO/c1-3-4-8-5-6-9(11-2)10-7-8/h5-7H,3-4H2,1-2H3. The number of nitrogens with zero attached hydrogens (tertiary/aromatic N) is 1. The summed E-state index contributed by atoms with van der Waals surface area (Å²) in [6.45, 7) is 2.16. The topological polar surface area (TPSA) is 22.1 Å². The van der Waals surface area contributed by atoms with Crippen molar-refractivity contribution in [1.29, 1.82) is 0 Å². The highest BCUT2D eigenvalue weighted by molar-refractivity contribution is 5.17. The van der Waals surface area contributed by atoms with Crippen LogP contribution in [0.2, 0.25) is 0 Å². The summed E-state index contributed by atoms with van der Waals surface area (Å²) in [4.78, 5) is 4.09. The van der Waals surface area contributed by atoms with Crippen molar-refractivity contribution in [2.45, 2.75) is 19.8 Å². The van der Waals surface area contributed by atoms with Gasteiger partial charge in [0.25, 0.3) is 0 Å². The zero-order valence-corrected chi connectivity index (χ0v) is 7.00. The van der Waals surface area contributed by atoms with E-state index in [0.717, 1.165) is 12.8 Å². The minimum atomic E-state index is 0.685. The number of ether oxygens (including phenoxy) is 1. The van der Waals surface area contributed by atoms with Crippen LogP contribution in [0.1, 0.15) is 18.9 Å². The van der Waals surface area contributed by atoms with Gasteiger partial charge in [-0.1, -0.05) is 19.4 Å². The van der Waals surface area contributed by atoms with Crippen LogP contribution in [0.25, 0.3) is 0 Å². The Hall–Kier alpha value is -1.05. The summed E-state index contributed by atoms with van der Waals surface area (Å²) in [7, 11) is 1.63. The molecule has 0 saturated heterocycles. The molecule has 0 N–H and O–H groups in total. The smallest absolute Gasteiger partial charge is 0.212 e. The average Bonchev–Trinajstić information content (AvgIpc) is 2.07. The molecule has 0 saturated carbocycles. The first-order valence-corrected chi connectivity index (χ1v) is 3.85. The van der Waals surface area contributed by atoms with Gasteiger partial charge in [0.2, 0.25) is 5.88 Å². The van der Waals surface area contributed by atoms with E-state index in [0.29, 0.717) is 5.88 Å². The van der Waals surface area contributed by atoms with E-state index < -0.39 is 0 Å². The van der Waals surface area contributed by atoms with Crippen molar-refractivity contribution >= 4 is 0 Å². The van der Waals surface area contributed by atoms with Crippen LogP contribution in [-0.2, 0) is 6.42 Å². The highest BCUT2D eigenvalue weighted by atomic mass is 16.5. The van der Waals surface area contributed by atoms with Gasteiger partial charge in [-0.15, -0.1) is 0 Å². The van der Waals surface area contributed by atoms with E-state index in [9.17, 15) is 0 Å². The SMILES string of the molecule is CCCc1ccc(OC)nc1. The zero-order valence-electron chi connectivity index (χ0n) is 7.00. The zero-order chi connectivity index (χ0) is 8.10. The third-order valence-electron chi connectivity index (χ3n) is 1.55.